The molecule has 2 aromatic heterocycles. The lowest BCUT2D eigenvalue weighted by molar-refractivity contribution is -0.117. The number of halogens is 2. The molecule has 2 aliphatic heterocycles. The number of carbonyl (C=O) groups excluding carboxylic acids is 1. The van der Waals surface area contributed by atoms with Crippen LogP contribution >= 0.6 is 36.6 Å². The molecular weight excluding hydrogens is 451 g/mol. The molecule has 1 aromatic carbocycles. The van der Waals surface area contributed by atoms with Gasteiger partial charge in [-0.15, -0.1) is 24.8 Å². The second-order valence-corrected chi connectivity index (χ2v) is 8.82. The number of piperidine rings is 1. The van der Waals surface area contributed by atoms with Crippen LogP contribution in [0, 0.1) is 6.92 Å². The third kappa shape index (κ3) is 4.93. The predicted octanol–water partition coefficient (Wildman–Crippen LogP) is 4.71. The molecule has 1 fully saturated rings. The molecule has 0 unspecified atom stereocenters. The fourth-order valence-electron chi connectivity index (χ4n) is 4.16. The summed E-state index contributed by atoms with van der Waals surface area (Å²) in [6.45, 7) is 5.00. The van der Waals surface area contributed by atoms with Crippen LogP contribution in [0.15, 0.2) is 58.5 Å². The Hall–Kier alpha value is -1.99. The van der Waals surface area contributed by atoms with Crippen LogP contribution in [0.4, 0.5) is 0 Å². The molecule has 1 amide bonds. The van der Waals surface area contributed by atoms with Crippen molar-refractivity contribution in [3.63, 3.8) is 0 Å². The molecule has 1 N–H and O–H groups in total. The number of hydrogen-bond donors (Lipinski definition) is 1. The van der Waals surface area contributed by atoms with Gasteiger partial charge in [-0.25, -0.2) is 4.98 Å². The Balaban J connectivity index is 0.00000136. The second kappa shape index (κ2) is 10.1. The molecule has 0 atom stereocenters. The standard InChI is InChI=1S/C23H24N4OS.2ClH/c1-16-19-14-20(29-22-9-5-8-21(24-16)27(19)22)23(28)25-18-10-12-26(13-11-18)15-17-6-3-2-4-7-17;;/h2-9,14,18H,10-13,15H2,1H3,(H,25,28);2*1H. The van der Waals surface area contributed by atoms with E-state index in [4.69, 9.17) is 0 Å². The van der Waals surface area contributed by atoms with Crippen LogP contribution in [0.1, 0.15) is 29.8 Å². The fourth-order valence-corrected chi connectivity index (χ4v) is 5.14. The van der Waals surface area contributed by atoms with Crippen molar-refractivity contribution >= 4 is 54.2 Å². The maximum atomic E-state index is 13.0. The maximum absolute atomic E-state index is 13.0. The van der Waals surface area contributed by atoms with Gasteiger partial charge in [0.25, 0.3) is 5.91 Å². The molecule has 164 valence electrons. The van der Waals surface area contributed by atoms with Crippen molar-refractivity contribution in [3.8, 4) is 0 Å². The van der Waals surface area contributed by atoms with E-state index in [9.17, 15) is 4.79 Å². The number of pyridine rings is 1. The van der Waals surface area contributed by atoms with Gasteiger partial charge in [0, 0.05) is 25.7 Å². The molecule has 0 radical (unpaired) electrons. The summed E-state index contributed by atoms with van der Waals surface area (Å²) in [5, 5.41) is 4.31. The van der Waals surface area contributed by atoms with Gasteiger partial charge in [-0.3, -0.25) is 14.1 Å². The number of imidazole rings is 1. The molecule has 0 saturated carbocycles. The van der Waals surface area contributed by atoms with Crippen molar-refractivity contribution in [3.05, 3.63) is 70.4 Å². The zero-order valence-electron chi connectivity index (χ0n) is 17.3. The third-order valence-electron chi connectivity index (χ3n) is 5.71. The normalized spacial score (nSPS) is 16.2. The minimum absolute atomic E-state index is 0. The lowest BCUT2D eigenvalue weighted by Crippen LogP contribution is -2.44. The lowest BCUT2D eigenvalue weighted by Gasteiger charge is -2.32. The van der Waals surface area contributed by atoms with E-state index in [1.54, 1.807) is 0 Å². The van der Waals surface area contributed by atoms with Crippen molar-refractivity contribution in [2.24, 2.45) is 0 Å². The Bertz CT molecular complexity index is 1090. The van der Waals surface area contributed by atoms with Crippen LogP contribution in [0.5, 0.6) is 0 Å². The van der Waals surface area contributed by atoms with Gasteiger partial charge in [0.05, 0.1) is 21.3 Å². The Kier molecular flexibility index (Phi) is 7.70. The van der Waals surface area contributed by atoms with Gasteiger partial charge in [0.1, 0.15) is 5.65 Å². The highest BCUT2D eigenvalue weighted by atomic mass is 35.5. The minimum atomic E-state index is 0. The Labute approximate surface area is 199 Å². The molecule has 2 aliphatic rings. The zero-order valence-corrected chi connectivity index (χ0v) is 19.7. The van der Waals surface area contributed by atoms with Crippen molar-refractivity contribution < 1.29 is 4.79 Å². The van der Waals surface area contributed by atoms with Gasteiger partial charge in [0.15, 0.2) is 0 Å². The number of nitrogens with one attached hydrogen (secondary N) is 1. The summed E-state index contributed by atoms with van der Waals surface area (Å²) in [4.78, 5) is 20.8. The third-order valence-corrected chi connectivity index (χ3v) is 6.76. The topological polar surface area (TPSA) is 49.6 Å². The largest absolute Gasteiger partial charge is 0.349 e. The van der Waals surface area contributed by atoms with E-state index in [0.717, 1.165) is 59.4 Å². The molecular formula is C23H26Cl2N4OS. The number of hydrogen-bond acceptors (Lipinski definition) is 4. The van der Waals surface area contributed by atoms with E-state index in [2.05, 4.69) is 49.9 Å². The number of aryl methyl sites for hydroxylation is 1. The van der Waals surface area contributed by atoms with Crippen LogP contribution in [-0.4, -0.2) is 39.3 Å². The first kappa shape index (κ1) is 23.7. The van der Waals surface area contributed by atoms with Crippen molar-refractivity contribution in [1.82, 2.24) is 19.6 Å². The average Bonchev–Trinajstić information content (AvgIpc) is 3.07. The van der Waals surface area contributed by atoms with Crippen LogP contribution in [0.3, 0.4) is 0 Å². The summed E-state index contributed by atoms with van der Waals surface area (Å²) in [5.41, 5.74) is 4.25. The molecule has 1 saturated heterocycles. The van der Waals surface area contributed by atoms with Gasteiger partial charge in [0.2, 0.25) is 0 Å². The molecule has 5 nitrogen and oxygen atoms in total. The van der Waals surface area contributed by atoms with E-state index in [1.807, 2.05) is 31.2 Å². The summed E-state index contributed by atoms with van der Waals surface area (Å²) >= 11 is 1.52. The van der Waals surface area contributed by atoms with E-state index in [-0.39, 0.29) is 36.8 Å². The number of aromatic nitrogens is 2. The van der Waals surface area contributed by atoms with Gasteiger partial charge < -0.3 is 5.32 Å². The minimum Gasteiger partial charge on any atom is -0.349 e. The Morgan fingerprint density at radius 3 is 2.58 bits per heavy atom. The van der Waals surface area contributed by atoms with Gasteiger partial charge in [-0.1, -0.05) is 48.2 Å². The monoisotopic (exact) mass is 476 g/mol. The highest BCUT2D eigenvalue weighted by Gasteiger charge is 2.25. The smallest absolute Gasteiger partial charge is 0.258 e. The van der Waals surface area contributed by atoms with Gasteiger partial charge >= 0.3 is 0 Å². The number of rotatable bonds is 4. The van der Waals surface area contributed by atoms with E-state index in [1.165, 1.54) is 17.3 Å². The predicted molar refractivity (Wildman–Crippen MR) is 131 cm³/mol. The lowest BCUT2D eigenvalue weighted by atomic mass is 10.0. The first-order chi connectivity index (χ1) is 14.2. The quantitative estimate of drug-likeness (QED) is 0.591. The van der Waals surface area contributed by atoms with Crippen molar-refractivity contribution in [2.45, 2.75) is 37.4 Å². The number of nitrogens with zero attached hydrogens (tertiary/aromatic N) is 3. The van der Waals surface area contributed by atoms with Crippen molar-refractivity contribution in [1.29, 1.82) is 0 Å². The maximum Gasteiger partial charge on any atom is 0.258 e. The first-order valence-corrected chi connectivity index (χ1v) is 10.9. The molecule has 5 rings (SSSR count). The molecule has 31 heavy (non-hydrogen) atoms. The highest BCUT2D eigenvalue weighted by molar-refractivity contribution is 8.04. The van der Waals surface area contributed by atoms with Crippen LogP contribution in [0.25, 0.3) is 11.7 Å². The highest BCUT2D eigenvalue weighted by Crippen LogP contribution is 2.35. The summed E-state index contributed by atoms with van der Waals surface area (Å²) < 4.78 is 2.12. The average molecular weight is 477 g/mol. The molecule has 8 heteroatoms. The van der Waals surface area contributed by atoms with Gasteiger partial charge in [-0.2, -0.15) is 0 Å². The number of likely N-dealkylation sites (tertiary alicyclic amines) is 1. The number of benzene rings is 1. The van der Waals surface area contributed by atoms with Crippen LogP contribution in [0.2, 0.25) is 0 Å². The summed E-state index contributed by atoms with van der Waals surface area (Å²) in [7, 11) is 0. The van der Waals surface area contributed by atoms with Crippen LogP contribution in [-0.2, 0) is 11.3 Å². The summed E-state index contributed by atoms with van der Waals surface area (Å²) in [6.07, 6.45) is 3.96. The first-order valence-electron chi connectivity index (χ1n) is 10.1. The summed E-state index contributed by atoms with van der Waals surface area (Å²) in [5.74, 6) is 0.0281. The van der Waals surface area contributed by atoms with E-state index in [0.29, 0.717) is 0 Å². The SMILES string of the molecule is Cc1nc2cccc3n2c1C=C(C(=O)NC1CCN(Cc2ccccc2)CC1)S3.Cl.Cl. The van der Waals surface area contributed by atoms with E-state index >= 15 is 0 Å². The van der Waals surface area contributed by atoms with Gasteiger partial charge in [-0.05, 0) is 43.5 Å². The van der Waals surface area contributed by atoms with Crippen LogP contribution < -0.4 is 5.32 Å². The number of amides is 1. The number of thioether (sulfide) groups is 1. The second-order valence-electron chi connectivity index (χ2n) is 7.76. The zero-order chi connectivity index (χ0) is 19.8. The Morgan fingerprint density at radius 1 is 1.10 bits per heavy atom. The molecule has 0 spiro atoms. The fraction of sp³-hybridized carbons (Fsp3) is 0.304. The molecule has 0 bridgehead atoms. The van der Waals surface area contributed by atoms with E-state index < -0.39 is 0 Å². The molecule has 3 aromatic rings. The van der Waals surface area contributed by atoms with Crippen molar-refractivity contribution in [2.75, 3.05) is 13.1 Å². The number of carbonyl (C=O) groups is 1. The Morgan fingerprint density at radius 2 is 1.84 bits per heavy atom. The molecule has 0 aliphatic carbocycles. The summed E-state index contributed by atoms with van der Waals surface area (Å²) in [6, 6.07) is 16.9. The molecule has 4 heterocycles.